The van der Waals surface area contributed by atoms with Gasteiger partial charge < -0.3 is 5.11 Å². The van der Waals surface area contributed by atoms with Gasteiger partial charge in [-0.3, -0.25) is 0 Å². The maximum atomic E-state index is 9.58. The Kier molecular flexibility index (Phi) is 1.97. The summed E-state index contributed by atoms with van der Waals surface area (Å²) in [6, 6.07) is 4.03. The summed E-state index contributed by atoms with van der Waals surface area (Å²) in [5.74, 6) is 0. The first-order chi connectivity index (χ1) is 5.70. The molecule has 0 saturated heterocycles. The first-order valence-electron chi connectivity index (χ1n) is 4.16. The molecule has 12 heavy (non-hydrogen) atoms. The van der Waals surface area contributed by atoms with E-state index < -0.39 is 0 Å². The summed E-state index contributed by atoms with van der Waals surface area (Å²) in [6.45, 7) is 2.10. The third-order valence-electron chi connectivity index (χ3n) is 2.60. The lowest BCUT2D eigenvalue weighted by Gasteiger charge is -2.07. The van der Waals surface area contributed by atoms with Gasteiger partial charge in [0.1, 0.15) is 0 Å². The van der Waals surface area contributed by atoms with Crippen LogP contribution in [-0.2, 0) is 6.42 Å². The third-order valence-corrected chi connectivity index (χ3v) is 3.45. The van der Waals surface area contributed by atoms with Gasteiger partial charge in [-0.1, -0.05) is 22.0 Å². The molecule has 0 bridgehead atoms. The highest BCUT2D eigenvalue weighted by Gasteiger charge is 2.21. The second kappa shape index (κ2) is 2.86. The lowest BCUT2D eigenvalue weighted by atomic mass is 10.0. The number of rotatable bonds is 0. The van der Waals surface area contributed by atoms with E-state index >= 15 is 0 Å². The first kappa shape index (κ1) is 8.27. The maximum absolute atomic E-state index is 9.58. The summed E-state index contributed by atoms with van der Waals surface area (Å²) in [5, 5.41) is 9.58. The number of halogens is 1. The zero-order valence-corrected chi connectivity index (χ0v) is 8.56. The molecular formula is C10H11BrO. The Morgan fingerprint density at radius 3 is 3.00 bits per heavy atom. The number of hydrogen-bond donors (Lipinski definition) is 1. The fraction of sp³-hybridized carbons (Fsp3) is 0.400. The van der Waals surface area contributed by atoms with Crippen LogP contribution < -0.4 is 0 Å². The minimum atomic E-state index is -0.230. The van der Waals surface area contributed by atoms with Gasteiger partial charge in [0.2, 0.25) is 0 Å². The average molecular weight is 227 g/mol. The van der Waals surface area contributed by atoms with E-state index in [2.05, 4.69) is 22.9 Å². The lowest BCUT2D eigenvalue weighted by Crippen LogP contribution is -1.91. The highest BCUT2D eigenvalue weighted by atomic mass is 79.9. The van der Waals surface area contributed by atoms with E-state index in [1.54, 1.807) is 0 Å². The van der Waals surface area contributed by atoms with Crippen LogP contribution in [-0.4, -0.2) is 5.11 Å². The Labute approximate surface area is 80.5 Å². The van der Waals surface area contributed by atoms with Crippen molar-refractivity contribution in [2.75, 3.05) is 0 Å². The van der Waals surface area contributed by atoms with Gasteiger partial charge in [-0.05, 0) is 42.5 Å². The molecule has 1 aromatic carbocycles. The topological polar surface area (TPSA) is 20.2 Å². The van der Waals surface area contributed by atoms with Crippen LogP contribution in [0.4, 0.5) is 0 Å². The van der Waals surface area contributed by atoms with E-state index in [1.807, 2.05) is 12.1 Å². The van der Waals surface area contributed by atoms with Crippen LogP contribution in [0.15, 0.2) is 16.6 Å². The van der Waals surface area contributed by atoms with E-state index in [9.17, 15) is 5.11 Å². The molecule has 0 aromatic heterocycles. The van der Waals surface area contributed by atoms with Gasteiger partial charge in [0.15, 0.2) is 0 Å². The van der Waals surface area contributed by atoms with Gasteiger partial charge >= 0.3 is 0 Å². The smallest absolute Gasteiger partial charge is 0.0796 e. The lowest BCUT2D eigenvalue weighted by molar-refractivity contribution is 0.180. The SMILES string of the molecule is Cc1c(Br)ccc2c1CC[C@H]2O. The van der Waals surface area contributed by atoms with Crippen LogP contribution in [0, 0.1) is 6.92 Å². The van der Waals surface area contributed by atoms with Crippen molar-refractivity contribution in [1.82, 2.24) is 0 Å². The second-order valence-corrected chi connectivity index (χ2v) is 4.15. The molecule has 0 amide bonds. The van der Waals surface area contributed by atoms with Crippen molar-refractivity contribution in [2.45, 2.75) is 25.9 Å². The van der Waals surface area contributed by atoms with Crippen LogP contribution in [0.5, 0.6) is 0 Å². The van der Waals surface area contributed by atoms with Crippen molar-refractivity contribution >= 4 is 15.9 Å². The normalized spacial score (nSPS) is 21.1. The van der Waals surface area contributed by atoms with Gasteiger partial charge in [0.05, 0.1) is 6.10 Å². The number of aliphatic hydroxyl groups is 1. The molecule has 0 unspecified atom stereocenters. The Morgan fingerprint density at radius 2 is 2.25 bits per heavy atom. The quantitative estimate of drug-likeness (QED) is 0.722. The molecule has 1 aromatic rings. The predicted molar refractivity (Wildman–Crippen MR) is 52.2 cm³/mol. The van der Waals surface area contributed by atoms with E-state index in [0.29, 0.717) is 0 Å². The molecule has 2 rings (SSSR count). The molecule has 0 saturated carbocycles. The molecule has 1 atom stereocenters. The highest BCUT2D eigenvalue weighted by molar-refractivity contribution is 9.10. The Balaban J connectivity index is 2.60. The molecule has 0 spiro atoms. The Bertz CT molecular complexity index is 320. The van der Waals surface area contributed by atoms with Crippen LogP contribution >= 0.6 is 15.9 Å². The second-order valence-electron chi connectivity index (χ2n) is 3.29. The number of aliphatic hydroxyl groups excluding tert-OH is 1. The average Bonchev–Trinajstić information content (AvgIpc) is 2.41. The van der Waals surface area contributed by atoms with E-state index in [1.165, 1.54) is 11.1 Å². The summed E-state index contributed by atoms with van der Waals surface area (Å²) >= 11 is 3.49. The van der Waals surface area contributed by atoms with E-state index in [0.717, 1.165) is 22.9 Å². The predicted octanol–water partition coefficient (Wildman–Crippen LogP) is 2.74. The molecular weight excluding hydrogens is 216 g/mol. The molecule has 0 heterocycles. The van der Waals surface area contributed by atoms with Crippen LogP contribution in [0.1, 0.15) is 29.2 Å². The van der Waals surface area contributed by atoms with Crippen molar-refractivity contribution in [3.8, 4) is 0 Å². The van der Waals surface area contributed by atoms with Gasteiger partial charge in [-0.15, -0.1) is 0 Å². The molecule has 1 nitrogen and oxygen atoms in total. The van der Waals surface area contributed by atoms with Crippen molar-refractivity contribution < 1.29 is 5.11 Å². The van der Waals surface area contributed by atoms with E-state index in [4.69, 9.17) is 0 Å². The number of hydrogen-bond acceptors (Lipinski definition) is 1. The maximum Gasteiger partial charge on any atom is 0.0796 e. The van der Waals surface area contributed by atoms with Crippen LogP contribution in [0.2, 0.25) is 0 Å². The summed E-state index contributed by atoms with van der Waals surface area (Å²) in [5.41, 5.74) is 3.73. The van der Waals surface area contributed by atoms with Gasteiger partial charge in [0, 0.05) is 4.47 Å². The molecule has 1 N–H and O–H groups in total. The zero-order valence-electron chi connectivity index (χ0n) is 6.97. The minimum Gasteiger partial charge on any atom is -0.388 e. The van der Waals surface area contributed by atoms with Gasteiger partial charge in [0.25, 0.3) is 0 Å². The monoisotopic (exact) mass is 226 g/mol. The number of benzene rings is 1. The summed E-state index contributed by atoms with van der Waals surface area (Å²) in [6.07, 6.45) is 1.67. The zero-order chi connectivity index (χ0) is 8.72. The van der Waals surface area contributed by atoms with Gasteiger partial charge in [-0.25, -0.2) is 0 Å². The summed E-state index contributed by atoms with van der Waals surface area (Å²) in [4.78, 5) is 0. The largest absolute Gasteiger partial charge is 0.388 e. The summed E-state index contributed by atoms with van der Waals surface area (Å²) in [7, 11) is 0. The van der Waals surface area contributed by atoms with Crippen LogP contribution in [0.25, 0.3) is 0 Å². The standard InChI is InChI=1S/C10H11BrO/c1-6-7-3-5-10(12)8(7)2-4-9(6)11/h2,4,10,12H,3,5H2,1H3/t10-/m1/s1. The van der Waals surface area contributed by atoms with Crippen molar-refractivity contribution in [1.29, 1.82) is 0 Å². The molecule has 1 aliphatic carbocycles. The molecule has 0 aliphatic heterocycles. The van der Waals surface area contributed by atoms with Crippen LogP contribution in [0.3, 0.4) is 0 Å². The molecule has 1 aliphatic rings. The van der Waals surface area contributed by atoms with Crippen molar-refractivity contribution in [2.24, 2.45) is 0 Å². The molecule has 0 fully saturated rings. The fourth-order valence-corrected chi connectivity index (χ4v) is 2.20. The van der Waals surface area contributed by atoms with Crippen molar-refractivity contribution in [3.05, 3.63) is 33.3 Å². The Morgan fingerprint density at radius 1 is 1.50 bits per heavy atom. The minimum absolute atomic E-state index is 0.230. The number of fused-ring (bicyclic) bond motifs is 1. The third kappa shape index (κ3) is 1.10. The van der Waals surface area contributed by atoms with Gasteiger partial charge in [-0.2, -0.15) is 0 Å². The van der Waals surface area contributed by atoms with E-state index in [-0.39, 0.29) is 6.10 Å². The molecule has 0 radical (unpaired) electrons. The Hall–Kier alpha value is -0.340. The highest BCUT2D eigenvalue weighted by Crippen LogP contribution is 2.35. The molecule has 64 valence electrons. The first-order valence-corrected chi connectivity index (χ1v) is 4.95. The summed E-state index contributed by atoms with van der Waals surface area (Å²) < 4.78 is 1.15. The van der Waals surface area contributed by atoms with Crippen molar-refractivity contribution in [3.63, 3.8) is 0 Å². The fourth-order valence-electron chi connectivity index (χ4n) is 1.83. The molecule has 2 heteroatoms.